The number of benzene rings is 3. The molecule has 0 saturated heterocycles. The maximum absolute atomic E-state index is 13.9. The molecule has 3 aromatic rings. The average Bonchev–Trinajstić information content (AvgIpc) is 3.15. The summed E-state index contributed by atoms with van der Waals surface area (Å²) in [6.45, 7) is 3.00. The van der Waals surface area contributed by atoms with Gasteiger partial charge in [0.1, 0.15) is 23.9 Å². The van der Waals surface area contributed by atoms with Crippen LogP contribution in [0.2, 0.25) is 0 Å². The Labute approximate surface area is 191 Å². The summed E-state index contributed by atoms with van der Waals surface area (Å²) < 4.78 is 84.3. The molecule has 0 spiro atoms. The molecule has 4 nitrogen and oxygen atoms in total. The average molecular weight is 476 g/mol. The summed E-state index contributed by atoms with van der Waals surface area (Å²) >= 11 is 0. The summed E-state index contributed by atoms with van der Waals surface area (Å²) in [5.74, 6) is -9.71. The molecule has 34 heavy (non-hydrogen) atoms. The summed E-state index contributed by atoms with van der Waals surface area (Å²) in [6, 6.07) is 9.77. The molecule has 176 valence electrons. The number of halogens is 5. The second-order valence-corrected chi connectivity index (χ2v) is 7.34. The van der Waals surface area contributed by atoms with Crippen LogP contribution < -0.4 is 14.2 Å². The van der Waals surface area contributed by atoms with Crippen molar-refractivity contribution < 1.29 is 41.0 Å². The van der Waals surface area contributed by atoms with E-state index in [9.17, 15) is 26.7 Å². The van der Waals surface area contributed by atoms with Gasteiger partial charge >= 0.3 is 0 Å². The molecule has 0 saturated carbocycles. The number of allylic oxidation sites excluding steroid dienone is 1. The van der Waals surface area contributed by atoms with Crippen LogP contribution in [0.15, 0.2) is 42.2 Å². The molecular formula is C25H17F5O4. The smallest absolute Gasteiger partial charge is 0.231 e. The largest absolute Gasteiger partial charge is 0.494 e. The molecule has 4 rings (SSSR count). The lowest BCUT2D eigenvalue weighted by Gasteiger charge is -2.13. The predicted octanol–water partition coefficient (Wildman–Crippen LogP) is 6.28. The predicted molar refractivity (Wildman–Crippen MR) is 112 cm³/mol. The Balaban J connectivity index is 1.57. The second-order valence-electron chi connectivity index (χ2n) is 7.34. The van der Waals surface area contributed by atoms with Crippen molar-refractivity contribution in [1.82, 2.24) is 0 Å². The van der Waals surface area contributed by atoms with Crippen LogP contribution in [0.25, 0.3) is 6.08 Å². The monoisotopic (exact) mass is 476 g/mol. The molecule has 1 aliphatic heterocycles. The van der Waals surface area contributed by atoms with E-state index < -0.39 is 41.3 Å². The van der Waals surface area contributed by atoms with Gasteiger partial charge in [-0.1, -0.05) is 12.1 Å². The van der Waals surface area contributed by atoms with Gasteiger partial charge in [-0.05, 0) is 49.8 Å². The molecule has 0 aromatic heterocycles. The zero-order valence-electron chi connectivity index (χ0n) is 18.0. The first-order valence-corrected chi connectivity index (χ1v) is 10.2. The third-order valence-electron chi connectivity index (χ3n) is 5.20. The lowest BCUT2D eigenvalue weighted by Crippen LogP contribution is -2.10. The third-order valence-corrected chi connectivity index (χ3v) is 5.20. The van der Waals surface area contributed by atoms with Gasteiger partial charge in [-0.25, -0.2) is 22.0 Å². The normalized spacial score (nSPS) is 13.7. The molecule has 0 N–H and O–H groups in total. The molecule has 9 heteroatoms. The van der Waals surface area contributed by atoms with E-state index in [1.807, 2.05) is 6.92 Å². The lowest BCUT2D eigenvalue weighted by atomic mass is 10.1. The van der Waals surface area contributed by atoms with Crippen LogP contribution in [-0.4, -0.2) is 12.4 Å². The number of Topliss-reactive ketones (excluding diaryl/α,β-unsaturated/α-hetero) is 1. The molecule has 0 unspecified atom stereocenters. The van der Waals surface area contributed by atoms with Crippen LogP contribution in [0, 0.1) is 36.0 Å². The van der Waals surface area contributed by atoms with Crippen molar-refractivity contribution in [2.45, 2.75) is 20.5 Å². The minimum Gasteiger partial charge on any atom is -0.494 e. The molecule has 0 radical (unpaired) electrons. The van der Waals surface area contributed by atoms with E-state index in [0.29, 0.717) is 23.5 Å². The fraction of sp³-hybridized carbons (Fsp3) is 0.160. The van der Waals surface area contributed by atoms with Gasteiger partial charge in [-0.2, -0.15) is 0 Å². The lowest BCUT2D eigenvalue weighted by molar-refractivity contribution is 0.101. The Bertz CT molecular complexity index is 1290. The first kappa shape index (κ1) is 23.3. The Morgan fingerprint density at radius 1 is 0.853 bits per heavy atom. The van der Waals surface area contributed by atoms with E-state index in [1.54, 1.807) is 37.3 Å². The van der Waals surface area contributed by atoms with Crippen molar-refractivity contribution in [2.24, 2.45) is 0 Å². The number of fused-ring (bicyclic) bond motifs is 1. The molecule has 3 aromatic carbocycles. The minimum absolute atomic E-state index is 0.0535. The molecule has 0 fully saturated rings. The summed E-state index contributed by atoms with van der Waals surface area (Å²) in [7, 11) is 0. The van der Waals surface area contributed by atoms with Crippen molar-refractivity contribution in [2.75, 3.05) is 6.61 Å². The molecule has 0 atom stereocenters. The van der Waals surface area contributed by atoms with Crippen molar-refractivity contribution in [1.29, 1.82) is 0 Å². The highest BCUT2D eigenvalue weighted by Crippen LogP contribution is 2.39. The van der Waals surface area contributed by atoms with Gasteiger partial charge in [-0.3, -0.25) is 4.79 Å². The van der Waals surface area contributed by atoms with Crippen molar-refractivity contribution in [3.05, 3.63) is 93.5 Å². The van der Waals surface area contributed by atoms with E-state index >= 15 is 0 Å². The molecule has 0 aliphatic carbocycles. The Morgan fingerprint density at radius 2 is 1.47 bits per heavy atom. The van der Waals surface area contributed by atoms with E-state index in [2.05, 4.69) is 0 Å². The highest BCUT2D eigenvalue weighted by Gasteiger charge is 2.31. The summed E-state index contributed by atoms with van der Waals surface area (Å²) in [5.41, 5.74) is 0.160. The van der Waals surface area contributed by atoms with Crippen LogP contribution in [0.1, 0.15) is 34.0 Å². The van der Waals surface area contributed by atoms with Gasteiger partial charge in [0.2, 0.25) is 11.6 Å². The third kappa shape index (κ3) is 4.09. The first-order valence-electron chi connectivity index (χ1n) is 10.2. The fourth-order valence-electron chi connectivity index (χ4n) is 3.43. The summed E-state index contributed by atoms with van der Waals surface area (Å²) in [5, 5.41) is 0. The number of hydrogen-bond acceptors (Lipinski definition) is 4. The van der Waals surface area contributed by atoms with Gasteiger partial charge in [-0.15, -0.1) is 0 Å². The first-order chi connectivity index (χ1) is 16.2. The Kier molecular flexibility index (Phi) is 6.28. The van der Waals surface area contributed by atoms with Crippen LogP contribution in [-0.2, 0) is 6.61 Å². The van der Waals surface area contributed by atoms with Gasteiger partial charge in [0, 0.05) is 5.56 Å². The van der Waals surface area contributed by atoms with Gasteiger partial charge in [0.15, 0.2) is 29.0 Å². The SMILES string of the molecule is CCOc1ccc(/C=C2\Oc3c(ccc(OCc4c(F)c(F)c(F)c(F)c4F)c3C)C2=O)cc1. The topological polar surface area (TPSA) is 44.8 Å². The van der Waals surface area contributed by atoms with Gasteiger partial charge < -0.3 is 14.2 Å². The standard InChI is InChI=1S/C25H17F5O4/c1-3-32-14-6-4-13(5-7-14)10-18-24(31)15-8-9-17(12(2)25(15)34-18)33-11-16-19(26)21(28)23(30)22(29)20(16)27/h4-10H,3,11H2,1-2H3/b18-10-. The van der Waals surface area contributed by atoms with E-state index in [4.69, 9.17) is 14.2 Å². The number of ketones is 1. The quantitative estimate of drug-likeness (QED) is 0.182. The molecule has 0 bridgehead atoms. The maximum atomic E-state index is 13.9. The molecule has 1 heterocycles. The number of ether oxygens (including phenoxy) is 3. The summed E-state index contributed by atoms with van der Waals surface area (Å²) in [4.78, 5) is 12.7. The zero-order valence-corrected chi connectivity index (χ0v) is 18.0. The Hall–Kier alpha value is -3.88. The number of carbonyl (C=O) groups excluding carboxylic acids is 1. The van der Waals surface area contributed by atoms with E-state index in [1.165, 1.54) is 12.1 Å². The van der Waals surface area contributed by atoms with Gasteiger partial charge in [0.05, 0.1) is 17.7 Å². The van der Waals surface area contributed by atoms with Crippen molar-refractivity contribution in [3.63, 3.8) is 0 Å². The van der Waals surface area contributed by atoms with Crippen LogP contribution in [0.4, 0.5) is 22.0 Å². The molecule has 0 amide bonds. The Morgan fingerprint density at radius 3 is 2.09 bits per heavy atom. The summed E-state index contributed by atoms with van der Waals surface area (Å²) in [6.07, 6.45) is 1.55. The van der Waals surface area contributed by atoms with Crippen molar-refractivity contribution in [3.8, 4) is 17.2 Å². The highest BCUT2D eigenvalue weighted by atomic mass is 19.2. The highest BCUT2D eigenvalue weighted by molar-refractivity contribution is 6.14. The number of hydrogen-bond donors (Lipinski definition) is 0. The minimum atomic E-state index is -2.24. The fourth-order valence-corrected chi connectivity index (χ4v) is 3.43. The zero-order chi connectivity index (χ0) is 24.6. The van der Waals surface area contributed by atoms with Gasteiger partial charge in [0.25, 0.3) is 0 Å². The van der Waals surface area contributed by atoms with Crippen molar-refractivity contribution >= 4 is 11.9 Å². The number of carbonyl (C=O) groups is 1. The van der Waals surface area contributed by atoms with E-state index in [-0.39, 0.29) is 28.6 Å². The second kappa shape index (κ2) is 9.17. The maximum Gasteiger partial charge on any atom is 0.231 e. The molecule has 1 aliphatic rings. The van der Waals surface area contributed by atoms with Crippen LogP contribution in [0.5, 0.6) is 17.2 Å². The van der Waals surface area contributed by atoms with Crippen LogP contribution in [0.3, 0.4) is 0 Å². The van der Waals surface area contributed by atoms with Crippen LogP contribution >= 0.6 is 0 Å². The molecular weight excluding hydrogens is 459 g/mol. The number of rotatable bonds is 6. The van der Waals surface area contributed by atoms with E-state index in [0.717, 1.165) is 0 Å².